The lowest BCUT2D eigenvalue weighted by molar-refractivity contribution is -1.02. The summed E-state index contributed by atoms with van der Waals surface area (Å²) in [5.74, 6) is 3.17. The number of hydrogen-bond donors (Lipinski definition) is 2. The van der Waals surface area contributed by atoms with Gasteiger partial charge in [0.15, 0.2) is 6.54 Å². The zero-order chi connectivity index (χ0) is 19.6. The van der Waals surface area contributed by atoms with Crippen molar-refractivity contribution in [1.82, 2.24) is 4.90 Å². The molecular weight excluding hydrogens is 362 g/mol. The first-order chi connectivity index (χ1) is 14.2. The van der Waals surface area contributed by atoms with Crippen molar-refractivity contribution in [2.45, 2.75) is 45.1 Å². The maximum Gasteiger partial charge on any atom is 0.277 e. The molecule has 1 aliphatic carbocycles. The van der Waals surface area contributed by atoms with Gasteiger partial charge in [-0.3, -0.25) is 4.79 Å². The number of benzene rings is 1. The molecule has 1 saturated carbocycles. The number of ether oxygens (including phenoxy) is 1. The van der Waals surface area contributed by atoms with Crippen LogP contribution in [0.5, 0.6) is 5.75 Å². The van der Waals surface area contributed by atoms with Crippen LogP contribution in [-0.2, 0) is 17.8 Å². The Kier molecular flexibility index (Phi) is 5.78. The number of piperidine rings is 1. The minimum atomic E-state index is 0.408. The minimum absolute atomic E-state index is 0.408. The Morgan fingerprint density at radius 3 is 2.69 bits per heavy atom. The molecule has 1 amide bonds. The summed E-state index contributed by atoms with van der Waals surface area (Å²) in [7, 11) is 0. The van der Waals surface area contributed by atoms with Crippen molar-refractivity contribution in [3.8, 4) is 5.75 Å². The molecule has 4 aliphatic rings. The van der Waals surface area contributed by atoms with Crippen molar-refractivity contribution >= 4 is 5.91 Å². The van der Waals surface area contributed by atoms with Gasteiger partial charge in [0, 0.05) is 25.1 Å². The van der Waals surface area contributed by atoms with Crippen LogP contribution in [0.4, 0.5) is 0 Å². The molecule has 5 rings (SSSR count). The van der Waals surface area contributed by atoms with Gasteiger partial charge in [-0.2, -0.15) is 0 Å². The standard InChI is InChI=1S/C24H35N3O2/c28-24(27-9-7-20-3-1-2-4-22(20)17-27)18-26-12-10-25(11-13-26)16-19-5-6-23-21(15-19)8-14-29-23/h5-6,15,20,22H,1-4,7-14,16-18H2/p+2/t20-,22-/m1/s1. The van der Waals surface area contributed by atoms with Crippen LogP contribution in [0.3, 0.4) is 0 Å². The fourth-order valence-electron chi connectivity index (χ4n) is 6.10. The number of quaternary nitrogens is 2. The van der Waals surface area contributed by atoms with E-state index in [4.69, 9.17) is 4.74 Å². The molecule has 0 bridgehead atoms. The first-order valence-electron chi connectivity index (χ1n) is 11.9. The van der Waals surface area contributed by atoms with E-state index in [9.17, 15) is 4.79 Å². The second-order valence-corrected chi connectivity index (χ2v) is 9.83. The Hall–Kier alpha value is -1.59. The molecule has 0 unspecified atom stereocenters. The summed E-state index contributed by atoms with van der Waals surface area (Å²) in [6.07, 6.45) is 7.83. The Labute approximate surface area is 175 Å². The summed E-state index contributed by atoms with van der Waals surface area (Å²) in [5, 5.41) is 0. The topological polar surface area (TPSA) is 38.4 Å². The van der Waals surface area contributed by atoms with Crippen LogP contribution in [0.25, 0.3) is 0 Å². The fraction of sp³-hybridized carbons (Fsp3) is 0.708. The fourth-order valence-corrected chi connectivity index (χ4v) is 6.10. The number of piperazine rings is 1. The summed E-state index contributed by atoms with van der Waals surface area (Å²) < 4.78 is 5.63. The highest BCUT2D eigenvalue weighted by Crippen LogP contribution is 2.35. The van der Waals surface area contributed by atoms with Gasteiger partial charge < -0.3 is 19.4 Å². The lowest BCUT2D eigenvalue weighted by Crippen LogP contribution is -3.28. The molecule has 0 aromatic heterocycles. The van der Waals surface area contributed by atoms with Gasteiger partial charge in [-0.25, -0.2) is 0 Å². The number of amides is 1. The van der Waals surface area contributed by atoms with Crippen molar-refractivity contribution in [2.75, 3.05) is 52.4 Å². The van der Waals surface area contributed by atoms with Gasteiger partial charge in [0.2, 0.25) is 0 Å². The predicted molar refractivity (Wildman–Crippen MR) is 112 cm³/mol. The maximum atomic E-state index is 12.9. The van der Waals surface area contributed by atoms with Crippen LogP contribution >= 0.6 is 0 Å². The van der Waals surface area contributed by atoms with Crippen LogP contribution in [-0.4, -0.2) is 63.2 Å². The molecule has 2 saturated heterocycles. The monoisotopic (exact) mass is 399 g/mol. The van der Waals surface area contributed by atoms with Gasteiger partial charge in [0.05, 0.1) is 6.61 Å². The highest BCUT2D eigenvalue weighted by atomic mass is 16.5. The number of carbonyl (C=O) groups is 1. The second kappa shape index (κ2) is 8.65. The number of nitrogens with zero attached hydrogens (tertiary/aromatic N) is 1. The third-order valence-electron chi connectivity index (χ3n) is 7.92. The Balaban J connectivity index is 1.07. The van der Waals surface area contributed by atoms with Crippen molar-refractivity contribution in [1.29, 1.82) is 0 Å². The third-order valence-corrected chi connectivity index (χ3v) is 7.92. The van der Waals surface area contributed by atoms with E-state index in [0.29, 0.717) is 12.5 Å². The molecule has 29 heavy (non-hydrogen) atoms. The molecule has 5 nitrogen and oxygen atoms in total. The van der Waals surface area contributed by atoms with Gasteiger partial charge in [-0.1, -0.05) is 19.3 Å². The zero-order valence-corrected chi connectivity index (χ0v) is 17.8. The van der Waals surface area contributed by atoms with E-state index in [1.807, 2.05) is 0 Å². The first kappa shape index (κ1) is 19.4. The molecule has 5 heteroatoms. The van der Waals surface area contributed by atoms with Crippen LogP contribution in [0.2, 0.25) is 0 Å². The Bertz CT molecular complexity index is 729. The number of carbonyl (C=O) groups excluding carboxylic acids is 1. The average Bonchev–Trinajstić information content (AvgIpc) is 3.23. The normalized spacial score (nSPS) is 31.7. The molecule has 3 heterocycles. The van der Waals surface area contributed by atoms with Gasteiger partial charge in [0.25, 0.3) is 5.91 Å². The van der Waals surface area contributed by atoms with E-state index < -0.39 is 0 Å². The highest BCUT2D eigenvalue weighted by molar-refractivity contribution is 5.77. The van der Waals surface area contributed by atoms with Gasteiger partial charge in [-0.05, 0) is 48.4 Å². The Morgan fingerprint density at radius 1 is 1.03 bits per heavy atom. The first-order valence-corrected chi connectivity index (χ1v) is 11.9. The van der Waals surface area contributed by atoms with E-state index in [0.717, 1.165) is 63.3 Å². The number of rotatable bonds is 4. The van der Waals surface area contributed by atoms with Crippen molar-refractivity contribution in [3.05, 3.63) is 29.3 Å². The number of nitrogens with one attached hydrogen (secondary N) is 2. The van der Waals surface area contributed by atoms with Crippen LogP contribution in [0.1, 0.15) is 43.2 Å². The third kappa shape index (κ3) is 4.46. The minimum Gasteiger partial charge on any atom is -0.493 e. The van der Waals surface area contributed by atoms with E-state index in [1.165, 1.54) is 61.2 Å². The quantitative estimate of drug-likeness (QED) is 0.745. The van der Waals surface area contributed by atoms with E-state index in [2.05, 4.69) is 23.1 Å². The summed E-state index contributed by atoms with van der Waals surface area (Å²) in [6.45, 7) is 9.26. The highest BCUT2D eigenvalue weighted by Gasteiger charge is 2.34. The smallest absolute Gasteiger partial charge is 0.277 e. The summed E-state index contributed by atoms with van der Waals surface area (Å²) >= 11 is 0. The number of hydrogen-bond acceptors (Lipinski definition) is 2. The molecule has 1 aromatic rings. The summed E-state index contributed by atoms with van der Waals surface area (Å²) in [4.78, 5) is 18.3. The zero-order valence-electron chi connectivity index (χ0n) is 17.8. The van der Waals surface area contributed by atoms with Gasteiger partial charge in [0.1, 0.15) is 38.5 Å². The molecule has 158 valence electrons. The van der Waals surface area contributed by atoms with E-state index in [-0.39, 0.29) is 0 Å². The molecule has 0 spiro atoms. The molecule has 3 aliphatic heterocycles. The molecule has 3 fully saturated rings. The molecule has 1 aromatic carbocycles. The maximum absolute atomic E-state index is 12.9. The molecule has 2 atom stereocenters. The second-order valence-electron chi connectivity index (χ2n) is 9.83. The van der Waals surface area contributed by atoms with E-state index in [1.54, 1.807) is 4.90 Å². The SMILES string of the molecule is O=C(C[NH+]1CC[NH+](Cc2ccc3c(c2)CCO3)CC1)N1CC[C@H]2CCCC[C@@H]2C1. The summed E-state index contributed by atoms with van der Waals surface area (Å²) in [6, 6.07) is 6.72. The van der Waals surface area contributed by atoms with Crippen molar-refractivity contribution < 1.29 is 19.3 Å². The largest absolute Gasteiger partial charge is 0.493 e. The summed E-state index contributed by atoms with van der Waals surface area (Å²) in [5.41, 5.74) is 2.80. The number of likely N-dealkylation sites (tertiary alicyclic amines) is 1. The number of fused-ring (bicyclic) bond motifs is 2. The average molecular weight is 400 g/mol. The van der Waals surface area contributed by atoms with Gasteiger partial charge in [-0.15, -0.1) is 0 Å². The Morgan fingerprint density at radius 2 is 1.83 bits per heavy atom. The van der Waals surface area contributed by atoms with Crippen molar-refractivity contribution in [2.24, 2.45) is 11.8 Å². The van der Waals surface area contributed by atoms with E-state index >= 15 is 0 Å². The molecular formula is C24H37N3O2+2. The van der Waals surface area contributed by atoms with Crippen LogP contribution in [0.15, 0.2) is 18.2 Å². The van der Waals surface area contributed by atoms with Crippen LogP contribution in [0, 0.1) is 11.8 Å². The molecule has 0 radical (unpaired) electrons. The molecule has 2 N–H and O–H groups in total. The lowest BCUT2D eigenvalue weighted by atomic mass is 9.75. The van der Waals surface area contributed by atoms with Crippen LogP contribution < -0.4 is 14.5 Å². The predicted octanol–water partition coefficient (Wildman–Crippen LogP) is -0.0564. The van der Waals surface area contributed by atoms with Crippen molar-refractivity contribution in [3.63, 3.8) is 0 Å². The lowest BCUT2D eigenvalue weighted by Gasteiger charge is -2.41. The van der Waals surface area contributed by atoms with Gasteiger partial charge >= 0.3 is 0 Å².